The average molecular weight is 430 g/mol. The molecule has 0 spiro atoms. The van der Waals surface area contributed by atoms with E-state index in [1.165, 1.54) is 0 Å². The number of methoxy groups -OCH3 is 2. The molecule has 0 bridgehead atoms. The smallest absolute Gasteiger partial charge is 0.319 e. The molecule has 1 atom stereocenters. The van der Waals surface area contributed by atoms with Gasteiger partial charge >= 0.3 is 6.03 Å². The first-order valence-corrected chi connectivity index (χ1v) is 10.5. The fraction of sp³-hybridized carbons (Fsp3) is 0.192. The van der Waals surface area contributed by atoms with Crippen LogP contribution in [-0.2, 0) is 0 Å². The van der Waals surface area contributed by atoms with Gasteiger partial charge in [-0.05, 0) is 47.9 Å². The van der Waals surface area contributed by atoms with E-state index in [4.69, 9.17) is 9.47 Å². The minimum atomic E-state index is -0.246. The largest absolute Gasteiger partial charge is 0.493 e. The molecule has 3 aromatic carbocycles. The standard InChI is InChI=1S/C26H27N3O3/c1-17-8-4-6-10-22(17)29-26(30)28-15-20(18-12-13-24(31-2)25(14-18)32-3)21-16-27-23-11-7-5-9-19(21)23/h4-14,16,20,27H,15H2,1-3H3,(H2,28,29,30)/t20-/m0/s1. The lowest BCUT2D eigenvalue weighted by Gasteiger charge is -2.20. The van der Waals surface area contributed by atoms with Crippen molar-refractivity contribution in [2.45, 2.75) is 12.8 Å². The van der Waals surface area contributed by atoms with Gasteiger partial charge < -0.3 is 25.1 Å². The molecule has 2 amide bonds. The molecule has 164 valence electrons. The molecule has 3 N–H and O–H groups in total. The number of urea groups is 1. The summed E-state index contributed by atoms with van der Waals surface area (Å²) < 4.78 is 10.9. The Kier molecular flexibility index (Phi) is 6.31. The molecule has 0 aliphatic heterocycles. The number of ether oxygens (including phenoxy) is 2. The number of benzene rings is 3. The van der Waals surface area contributed by atoms with Crippen LogP contribution in [0.1, 0.15) is 22.6 Å². The Labute approximate surface area is 187 Å². The zero-order valence-corrected chi connectivity index (χ0v) is 18.4. The predicted molar refractivity (Wildman–Crippen MR) is 128 cm³/mol. The number of para-hydroxylation sites is 2. The summed E-state index contributed by atoms with van der Waals surface area (Å²) in [5, 5.41) is 7.10. The first-order valence-electron chi connectivity index (χ1n) is 10.5. The molecule has 1 aromatic heterocycles. The van der Waals surface area contributed by atoms with Crippen molar-refractivity contribution >= 4 is 22.6 Å². The van der Waals surface area contributed by atoms with Gasteiger partial charge in [-0.25, -0.2) is 4.79 Å². The summed E-state index contributed by atoms with van der Waals surface area (Å²) in [6.45, 7) is 2.38. The molecule has 1 heterocycles. The molecule has 0 radical (unpaired) electrons. The van der Waals surface area contributed by atoms with Crippen LogP contribution in [0.15, 0.2) is 72.9 Å². The molecule has 4 rings (SSSR count). The molecule has 6 heteroatoms. The van der Waals surface area contributed by atoms with Gasteiger partial charge in [-0.15, -0.1) is 0 Å². The summed E-state index contributed by atoms with van der Waals surface area (Å²) in [7, 11) is 3.24. The minimum Gasteiger partial charge on any atom is -0.493 e. The number of carbonyl (C=O) groups is 1. The number of aromatic amines is 1. The monoisotopic (exact) mass is 429 g/mol. The van der Waals surface area contributed by atoms with Gasteiger partial charge in [0.05, 0.1) is 14.2 Å². The summed E-state index contributed by atoms with van der Waals surface area (Å²) in [5.74, 6) is 1.23. The zero-order chi connectivity index (χ0) is 22.5. The van der Waals surface area contributed by atoms with Gasteiger partial charge in [0.1, 0.15) is 0 Å². The maximum Gasteiger partial charge on any atom is 0.319 e. The van der Waals surface area contributed by atoms with Crippen LogP contribution >= 0.6 is 0 Å². The van der Waals surface area contributed by atoms with Crippen molar-refractivity contribution in [3.63, 3.8) is 0 Å². The summed E-state index contributed by atoms with van der Waals surface area (Å²) in [4.78, 5) is 16.0. The number of carbonyl (C=O) groups excluding carboxylic acids is 1. The summed E-state index contributed by atoms with van der Waals surface area (Å²) in [5.41, 5.74) is 4.97. The number of hydrogen-bond donors (Lipinski definition) is 3. The van der Waals surface area contributed by atoms with E-state index in [2.05, 4.69) is 21.7 Å². The van der Waals surface area contributed by atoms with Crippen molar-refractivity contribution in [3.8, 4) is 11.5 Å². The number of H-pyrrole nitrogens is 1. The van der Waals surface area contributed by atoms with Crippen LogP contribution in [0.4, 0.5) is 10.5 Å². The predicted octanol–water partition coefficient (Wildman–Crippen LogP) is 5.45. The number of fused-ring (bicyclic) bond motifs is 1. The number of amides is 2. The van der Waals surface area contributed by atoms with E-state index in [1.54, 1.807) is 14.2 Å². The second-order valence-electron chi connectivity index (χ2n) is 7.61. The first-order chi connectivity index (χ1) is 15.6. The van der Waals surface area contributed by atoms with E-state index < -0.39 is 0 Å². The first kappa shape index (κ1) is 21.3. The normalized spacial score (nSPS) is 11.7. The fourth-order valence-corrected chi connectivity index (χ4v) is 3.93. The van der Waals surface area contributed by atoms with Crippen molar-refractivity contribution < 1.29 is 14.3 Å². The molecular weight excluding hydrogens is 402 g/mol. The Morgan fingerprint density at radius 3 is 2.50 bits per heavy atom. The average Bonchev–Trinajstić information content (AvgIpc) is 3.24. The molecule has 32 heavy (non-hydrogen) atoms. The van der Waals surface area contributed by atoms with Crippen LogP contribution in [0.2, 0.25) is 0 Å². The van der Waals surface area contributed by atoms with E-state index >= 15 is 0 Å². The molecule has 0 saturated carbocycles. The molecular formula is C26H27N3O3. The van der Waals surface area contributed by atoms with Gasteiger partial charge in [-0.1, -0.05) is 42.5 Å². The maximum absolute atomic E-state index is 12.7. The molecule has 0 aliphatic carbocycles. The number of anilines is 1. The lowest BCUT2D eigenvalue weighted by atomic mass is 9.90. The molecule has 0 fully saturated rings. The Bertz CT molecular complexity index is 1230. The van der Waals surface area contributed by atoms with Crippen molar-refractivity contribution in [1.29, 1.82) is 0 Å². The second kappa shape index (κ2) is 9.47. The Morgan fingerprint density at radius 1 is 0.969 bits per heavy atom. The number of aromatic nitrogens is 1. The van der Waals surface area contributed by atoms with E-state index in [9.17, 15) is 4.79 Å². The van der Waals surface area contributed by atoms with Gasteiger partial charge in [0.15, 0.2) is 11.5 Å². The lowest BCUT2D eigenvalue weighted by Crippen LogP contribution is -2.33. The van der Waals surface area contributed by atoms with Crippen LogP contribution < -0.4 is 20.1 Å². The van der Waals surface area contributed by atoms with Crippen molar-refractivity contribution in [1.82, 2.24) is 10.3 Å². The highest BCUT2D eigenvalue weighted by Crippen LogP contribution is 2.35. The quantitative estimate of drug-likeness (QED) is 0.366. The van der Waals surface area contributed by atoms with Crippen LogP contribution in [0, 0.1) is 6.92 Å². The molecule has 0 aliphatic rings. The third-order valence-electron chi connectivity index (χ3n) is 5.67. The van der Waals surface area contributed by atoms with Crippen LogP contribution in [-0.4, -0.2) is 31.8 Å². The third kappa shape index (κ3) is 4.39. The third-order valence-corrected chi connectivity index (χ3v) is 5.67. The second-order valence-corrected chi connectivity index (χ2v) is 7.61. The Hall–Kier alpha value is -3.93. The van der Waals surface area contributed by atoms with Crippen LogP contribution in [0.5, 0.6) is 11.5 Å². The van der Waals surface area contributed by atoms with Gasteiger partial charge in [0.25, 0.3) is 0 Å². The Morgan fingerprint density at radius 2 is 1.72 bits per heavy atom. The fourth-order valence-electron chi connectivity index (χ4n) is 3.93. The van der Waals surface area contributed by atoms with Crippen molar-refractivity contribution in [2.24, 2.45) is 0 Å². The van der Waals surface area contributed by atoms with E-state index in [0.29, 0.717) is 18.0 Å². The minimum absolute atomic E-state index is 0.0893. The van der Waals surface area contributed by atoms with Crippen LogP contribution in [0.3, 0.4) is 0 Å². The molecule has 0 unspecified atom stereocenters. The van der Waals surface area contributed by atoms with Gasteiger partial charge in [-0.2, -0.15) is 0 Å². The number of hydrogen-bond acceptors (Lipinski definition) is 3. The lowest BCUT2D eigenvalue weighted by molar-refractivity contribution is 0.252. The van der Waals surface area contributed by atoms with Gasteiger partial charge in [0, 0.05) is 35.2 Å². The zero-order valence-electron chi connectivity index (χ0n) is 18.4. The summed E-state index contributed by atoms with van der Waals surface area (Å²) >= 11 is 0. The van der Waals surface area contributed by atoms with Crippen LogP contribution in [0.25, 0.3) is 10.9 Å². The highest BCUT2D eigenvalue weighted by molar-refractivity contribution is 5.90. The SMILES string of the molecule is COc1ccc([C@H](CNC(=O)Nc2ccccc2C)c2c[nH]c3ccccc23)cc1OC. The van der Waals surface area contributed by atoms with E-state index in [1.807, 2.05) is 73.8 Å². The maximum atomic E-state index is 12.7. The summed E-state index contributed by atoms with van der Waals surface area (Å²) in [6, 6.07) is 21.5. The Balaban J connectivity index is 1.64. The summed E-state index contributed by atoms with van der Waals surface area (Å²) in [6.07, 6.45) is 2.01. The number of nitrogens with one attached hydrogen (secondary N) is 3. The molecule has 6 nitrogen and oxygen atoms in total. The molecule has 0 saturated heterocycles. The van der Waals surface area contributed by atoms with Crippen molar-refractivity contribution in [3.05, 3.63) is 89.6 Å². The molecule has 4 aromatic rings. The van der Waals surface area contributed by atoms with Crippen molar-refractivity contribution in [2.75, 3.05) is 26.1 Å². The number of rotatable bonds is 7. The van der Waals surface area contributed by atoms with E-state index in [-0.39, 0.29) is 11.9 Å². The van der Waals surface area contributed by atoms with Gasteiger partial charge in [-0.3, -0.25) is 0 Å². The van der Waals surface area contributed by atoms with Gasteiger partial charge in [0.2, 0.25) is 0 Å². The van der Waals surface area contributed by atoms with E-state index in [0.717, 1.165) is 33.3 Å². The number of aryl methyl sites for hydroxylation is 1. The highest BCUT2D eigenvalue weighted by Gasteiger charge is 2.21. The highest BCUT2D eigenvalue weighted by atomic mass is 16.5. The topological polar surface area (TPSA) is 75.4 Å².